The van der Waals surface area contributed by atoms with Gasteiger partial charge in [0.25, 0.3) is 5.91 Å². The smallest absolute Gasteiger partial charge is 0.254 e. The van der Waals surface area contributed by atoms with E-state index in [1.807, 2.05) is 35.4 Å². The minimum atomic E-state index is -0.528. The van der Waals surface area contributed by atoms with E-state index in [1.165, 1.54) is 0 Å². The molecule has 0 saturated carbocycles. The molecule has 1 aromatic heterocycles. The Morgan fingerprint density at radius 1 is 1.14 bits per heavy atom. The van der Waals surface area contributed by atoms with Gasteiger partial charge in [-0.15, -0.1) is 0 Å². The summed E-state index contributed by atoms with van der Waals surface area (Å²) in [6.07, 6.45) is 9.78. The van der Waals surface area contributed by atoms with Gasteiger partial charge in [-0.2, -0.15) is 0 Å². The highest BCUT2D eigenvalue weighted by Crippen LogP contribution is 2.24. The van der Waals surface area contributed by atoms with Crippen molar-refractivity contribution in [2.75, 3.05) is 32.8 Å². The molecule has 1 aromatic rings. The van der Waals surface area contributed by atoms with Crippen molar-refractivity contribution >= 4 is 5.91 Å². The van der Waals surface area contributed by atoms with Gasteiger partial charge in [-0.3, -0.25) is 9.69 Å². The summed E-state index contributed by atoms with van der Waals surface area (Å²) in [5.41, 5.74) is -0.0440. The van der Waals surface area contributed by atoms with E-state index < -0.39 is 6.10 Å². The maximum atomic E-state index is 13.0. The minimum Gasteiger partial charge on any atom is -0.444 e. The third kappa shape index (κ3) is 4.79. The standard InChI is InChI=1S/C22H31N3O4/c1-22(2,3)19-13-23-20(29-19)14-24-9-6-10-25(12-11-24)21(26)18-15-27-16-7-4-5-8-17(16)28-18/h4-5,7-8,13,16-18H,6,9-12,14-15H2,1-3H3. The number of rotatable bonds is 3. The Labute approximate surface area is 172 Å². The fourth-order valence-corrected chi connectivity index (χ4v) is 3.87. The van der Waals surface area contributed by atoms with Gasteiger partial charge >= 0.3 is 0 Å². The number of fused-ring (bicyclic) bond motifs is 1. The van der Waals surface area contributed by atoms with Crippen LogP contribution in [0.5, 0.6) is 0 Å². The zero-order valence-corrected chi connectivity index (χ0v) is 17.5. The fraction of sp³-hybridized carbons (Fsp3) is 0.636. The molecule has 2 fully saturated rings. The minimum absolute atomic E-state index is 0.0272. The number of carbonyl (C=O) groups excluding carboxylic acids is 1. The van der Waals surface area contributed by atoms with E-state index in [0.717, 1.165) is 37.7 Å². The summed E-state index contributed by atoms with van der Waals surface area (Å²) in [6.45, 7) is 10.4. The lowest BCUT2D eigenvalue weighted by atomic mass is 9.94. The van der Waals surface area contributed by atoms with Crippen LogP contribution >= 0.6 is 0 Å². The summed E-state index contributed by atoms with van der Waals surface area (Å²) in [5.74, 6) is 1.67. The van der Waals surface area contributed by atoms with E-state index >= 15 is 0 Å². The number of carbonyl (C=O) groups is 1. The fourth-order valence-electron chi connectivity index (χ4n) is 3.87. The van der Waals surface area contributed by atoms with E-state index in [-0.39, 0.29) is 23.5 Å². The van der Waals surface area contributed by atoms with Crippen LogP contribution in [-0.4, -0.2) is 71.8 Å². The maximum Gasteiger partial charge on any atom is 0.254 e. The van der Waals surface area contributed by atoms with Crippen LogP contribution in [0.2, 0.25) is 0 Å². The van der Waals surface area contributed by atoms with Gasteiger partial charge in [0.2, 0.25) is 5.89 Å². The quantitative estimate of drug-likeness (QED) is 0.774. The lowest BCUT2D eigenvalue weighted by Gasteiger charge is -2.36. The Balaban J connectivity index is 1.30. The summed E-state index contributed by atoms with van der Waals surface area (Å²) in [6, 6.07) is 0. The molecule has 7 nitrogen and oxygen atoms in total. The van der Waals surface area contributed by atoms with Gasteiger partial charge in [-0.05, 0) is 6.42 Å². The van der Waals surface area contributed by atoms with Gasteiger partial charge < -0.3 is 18.8 Å². The Kier molecular flexibility index (Phi) is 5.90. The number of hydrogen-bond acceptors (Lipinski definition) is 6. The Hall–Kier alpha value is -1.96. The van der Waals surface area contributed by atoms with Crippen LogP contribution < -0.4 is 0 Å². The molecule has 29 heavy (non-hydrogen) atoms. The van der Waals surface area contributed by atoms with Gasteiger partial charge in [-0.1, -0.05) is 45.1 Å². The highest BCUT2D eigenvalue weighted by Gasteiger charge is 2.36. The molecule has 1 amide bonds. The SMILES string of the molecule is CC(C)(C)c1cnc(CN2CCCN(C(=O)C3COC4C=CC=CC4O3)CC2)o1. The summed E-state index contributed by atoms with van der Waals surface area (Å²) >= 11 is 0. The van der Waals surface area contributed by atoms with E-state index in [9.17, 15) is 4.79 Å². The molecule has 0 N–H and O–H groups in total. The highest BCUT2D eigenvalue weighted by atomic mass is 16.6. The zero-order valence-electron chi connectivity index (χ0n) is 17.5. The van der Waals surface area contributed by atoms with Crippen molar-refractivity contribution in [1.82, 2.24) is 14.8 Å². The van der Waals surface area contributed by atoms with Crippen LogP contribution in [0, 0.1) is 0 Å². The topological polar surface area (TPSA) is 68.0 Å². The van der Waals surface area contributed by atoms with Gasteiger partial charge in [0, 0.05) is 31.6 Å². The van der Waals surface area contributed by atoms with Crippen LogP contribution in [0.3, 0.4) is 0 Å². The zero-order chi connectivity index (χ0) is 20.4. The van der Waals surface area contributed by atoms with Crippen molar-refractivity contribution in [2.24, 2.45) is 0 Å². The second-order valence-corrected chi connectivity index (χ2v) is 8.98. The molecule has 0 spiro atoms. The first kappa shape index (κ1) is 20.3. The number of oxazole rings is 1. The lowest BCUT2D eigenvalue weighted by molar-refractivity contribution is -0.176. The number of ether oxygens (including phenoxy) is 2. The lowest BCUT2D eigenvalue weighted by Crippen LogP contribution is -2.51. The first-order valence-corrected chi connectivity index (χ1v) is 10.5. The van der Waals surface area contributed by atoms with Crippen molar-refractivity contribution in [1.29, 1.82) is 0 Å². The normalized spacial score (nSPS) is 28.2. The number of hydrogen-bond donors (Lipinski definition) is 0. The van der Waals surface area contributed by atoms with Crippen molar-refractivity contribution in [3.8, 4) is 0 Å². The molecule has 2 aliphatic heterocycles. The molecule has 3 atom stereocenters. The third-order valence-corrected chi connectivity index (χ3v) is 5.63. The first-order valence-electron chi connectivity index (χ1n) is 10.5. The Morgan fingerprint density at radius 2 is 1.93 bits per heavy atom. The van der Waals surface area contributed by atoms with Crippen LogP contribution in [0.25, 0.3) is 0 Å². The molecule has 1 aliphatic carbocycles. The molecular formula is C22H31N3O4. The van der Waals surface area contributed by atoms with Crippen molar-refractivity contribution in [3.05, 3.63) is 42.2 Å². The Morgan fingerprint density at radius 3 is 2.69 bits per heavy atom. The van der Waals surface area contributed by atoms with Crippen molar-refractivity contribution in [3.63, 3.8) is 0 Å². The van der Waals surface area contributed by atoms with Gasteiger partial charge in [0.05, 0.1) is 19.3 Å². The van der Waals surface area contributed by atoms with Crippen LogP contribution in [-0.2, 0) is 26.2 Å². The molecule has 3 aliphatic rings. The van der Waals surface area contributed by atoms with Crippen molar-refractivity contribution < 1.29 is 18.7 Å². The number of amides is 1. The molecule has 0 bridgehead atoms. The van der Waals surface area contributed by atoms with Gasteiger partial charge in [-0.25, -0.2) is 4.98 Å². The summed E-state index contributed by atoms with van der Waals surface area (Å²) < 4.78 is 17.8. The maximum absolute atomic E-state index is 13.0. The molecule has 158 valence electrons. The second-order valence-electron chi connectivity index (χ2n) is 8.98. The van der Waals surface area contributed by atoms with E-state index in [0.29, 0.717) is 19.7 Å². The monoisotopic (exact) mass is 401 g/mol. The highest BCUT2D eigenvalue weighted by molar-refractivity contribution is 5.81. The molecule has 3 unspecified atom stereocenters. The molecule has 3 heterocycles. The predicted molar refractivity (Wildman–Crippen MR) is 108 cm³/mol. The first-order chi connectivity index (χ1) is 13.9. The van der Waals surface area contributed by atoms with Crippen molar-refractivity contribution in [2.45, 2.75) is 57.5 Å². The molecule has 4 rings (SSSR count). The van der Waals surface area contributed by atoms with Crippen LogP contribution in [0.15, 0.2) is 34.9 Å². The van der Waals surface area contributed by atoms with Crippen LogP contribution in [0.4, 0.5) is 0 Å². The summed E-state index contributed by atoms with van der Waals surface area (Å²) in [7, 11) is 0. The Bertz CT molecular complexity index is 779. The summed E-state index contributed by atoms with van der Waals surface area (Å²) in [5, 5.41) is 0. The van der Waals surface area contributed by atoms with Gasteiger partial charge in [0.1, 0.15) is 18.0 Å². The van der Waals surface area contributed by atoms with E-state index in [1.54, 1.807) is 0 Å². The molecule has 7 heteroatoms. The average Bonchev–Trinajstić information content (AvgIpc) is 3.06. The number of aromatic nitrogens is 1. The number of nitrogens with zero attached hydrogens (tertiary/aromatic N) is 3. The van der Waals surface area contributed by atoms with Gasteiger partial charge in [0.15, 0.2) is 6.10 Å². The van der Waals surface area contributed by atoms with E-state index in [2.05, 4.69) is 30.7 Å². The largest absolute Gasteiger partial charge is 0.444 e. The second kappa shape index (κ2) is 8.42. The molecule has 2 saturated heterocycles. The third-order valence-electron chi connectivity index (χ3n) is 5.63. The molecule has 0 aromatic carbocycles. The number of allylic oxidation sites excluding steroid dienone is 2. The summed E-state index contributed by atoms with van der Waals surface area (Å²) in [4.78, 5) is 21.6. The average molecular weight is 402 g/mol. The van der Waals surface area contributed by atoms with Crippen LogP contribution in [0.1, 0.15) is 38.8 Å². The van der Waals surface area contributed by atoms with E-state index in [4.69, 9.17) is 13.9 Å². The molecule has 0 radical (unpaired) electrons. The predicted octanol–water partition coefficient (Wildman–Crippen LogP) is 2.29. The molecular weight excluding hydrogens is 370 g/mol.